The van der Waals surface area contributed by atoms with Crippen LogP contribution in [-0.2, 0) is 0 Å². The molecule has 0 N–H and O–H groups in total. The molecule has 0 amide bonds. The Balaban J connectivity index is 1.36. The number of allylic oxidation sites excluding steroid dienone is 13. The Morgan fingerprint density at radius 1 is 0.630 bits per heavy atom. The Kier molecular flexibility index (Phi) is 11.5. The van der Waals surface area contributed by atoms with Crippen LogP contribution in [0.5, 0.6) is 0 Å². The largest absolute Gasteiger partial charge is 0.144 e. The molecule has 0 unspecified atom stereocenters. The average molecular weight is 731 g/mol. The molecule has 0 bridgehead atoms. The lowest BCUT2D eigenvalue weighted by Gasteiger charge is -2.11. The molecule has 0 radical (unpaired) electrons. The van der Waals surface area contributed by atoms with Crippen molar-refractivity contribution < 1.29 is 0 Å². The van der Waals surface area contributed by atoms with E-state index in [2.05, 4.69) is 171 Å². The summed E-state index contributed by atoms with van der Waals surface area (Å²) in [5.41, 5.74) is 7.69. The van der Waals surface area contributed by atoms with E-state index in [1.54, 1.807) is 17.4 Å². The summed E-state index contributed by atoms with van der Waals surface area (Å²) >= 11 is 3.58. The van der Waals surface area contributed by atoms with Gasteiger partial charge in [-0.15, -0.1) is 22.7 Å². The Labute approximate surface area is 326 Å². The Bertz CT molecular complexity index is 2780. The molecule has 0 atom stereocenters. The molecule has 2 heteroatoms. The van der Waals surface area contributed by atoms with Crippen molar-refractivity contribution in [3.63, 3.8) is 0 Å². The smallest absolute Gasteiger partial charge is 0.0355 e. The van der Waals surface area contributed by atoms with Crippen LogP contribution in [0.25, 0.3) is 59.3 Å². The molecule has 6 aromatic rings. The Hall–Kier alpha value is -6.06. The zero-order valence-electron chi connectivity index (χ0n) is 30.4. The number of hydrogen-bond donors (Lipinski definition) is 0. The first-order valence-corrected chi connectivity index (χ1v) is 19.9. The third-order valence-corrected chi connectivity index (χ3v) is 11.5. The van der Waals surface area contributed by atoms with Crippen molar-refractivity contribution in [3.05, 3.63) is 234 Å². The van der Waals surface area contributed by atoms with E-state index < -0.39 is 0 Å². The van der Waals surface area contributed by atoms with Crippen LogP contribution in [0.4, 0.5) is 0 Å². The molecular formula is C52H42S2. The summed E-state index contributed by atoms with van der Waals surface area (Å²) in [4.78, 5) is 1.24. The van der Waals surface area contributed by atoms with Gasteiger partial charge >= 0.3 is 0 Å². The van der Waals surface area contributed by atoms with Crippen LogP contribution < -0.4 is 10.4 Å². The fraction of sp³-hybridized carbons (Fsp3) is 0.0385. The summed E-state index contributed by atoms with van der Waals surface area (Å²) in [7, 11) is 0. The van der Waals surface area contributed by atoms with Crippen molar-refractivity contribution in [1.29, 1.82) is 0 Å². The van der Waals surface area contributed by atoms with E-state index >= 15 is 0 Å². The number of benzene rings is 4. The molecule has 2 aromatic heterocycles. The normalized spacial score (nSPS) is 16.6. The van der Waals surface area contributed by atoms with Gasteiger partial charge in [0.2, 0.25) is 0 Å². The molecule has 0 saturated heterocycles. The van der Waals surface area contributed by atoms with E-state index in [0.717, 1.165) is 40.3 Å². The predicted molar refractivity (Wildman–Crippen MR) is 243 cm³/mol. The second-order valence-electron chi connectivity index (χ2n) is 13.0. The minimum absolute atomic E-state index is 0.934. The second-order valence-corrected chi connectivity index (χ2v) is 15.1. The van der Waals surface area contributed by atoms with Crippen LogP contribution in [0.15, 0.2) is 213 Å². The molecule has 262 valence electrons. The van der Waals surface area contributed by atoms with Gasteiger partial charge in [-0.3, -0.25) is 0 Å². The number of fused-ring (bicyclic) bond motifs is 5. The van der Waals surface area contributed by atoms with Gasteiger partial charge in [-0.25, -0.2) is 0 Å². The van der Waals surface area contributed by atoms with Gasteiger partial charge in [-0.2, -0.15) is 0 Å². The molecular weight excluding hydrogens is 689 g/mol. The van der Waals surface area contributed by atoms with Crippen molar-refractivity contribution in [2.24, 2.45) is 0 Å². The molecule has 1 aliphatic carbocycles. The van der Waals surface area contributed by atoms with Crippen LogP contribution in [0.1, 0.15) is 23.3 Å². The maximum absolute atomic E-state index is 4.53. The standard InChI is InChI=1S/C52H42S2/c1-5-8-18-38(7-3)32-37(4)45-23-12-10-11-13-24-46(48-26-15-14-25-47(45)48)41-20-16-19-40(33-41)39-21-17-31-53-52-36-49-42(34-43(52)28-27-39)29-30-51-50(49)35-44(54-51)22-9-6-2/h5-9,12-36H,1-4,10-11H2/b18-8-,22-9-,23-12+,24-13+,28-27?,31-17?,38-32+,39-21?,47-45+,48-46+. The molecule has 54 heavy (non-hydrogen) atoms. The van der Waals surface area contributed by atoms with E-state index in [0.29, 0.717) is 0 Å². The summed E-state index contributed by atoms with van der Waals surface area (Å²) in [6.45, 7) is 16.2. The van der Waals surface area contributed by atoms with Crippen molar-refractivity contribution >= 4 is 70.8 Å². The highest BCUT2D eigenvalue weighted by molar-refractivity contribution is 7.20. The van der Waals surface area contributed by atoms with Crippen molar-refractivity contribution in [1.82, 2.24) is 0 Å². The summed E-state index contributed by atoms with van der Waals surface area (Å²) < 4.78 is 2.54. The SMILES string of the molecule is C=C/C=C\C(C=C)=C\C(=C)C1=c2\cccc\c2=C(c2cccc(-c3cccsc4cc5c(ccc6sc(/C=C\C=C)cc65)cc4cc3)c2)\C=C\CC\C=C\1. The van der Waals surface area contributed by atoms with Gasteiger partial charge in [0.25, 0.3) is 0 Å². The Morgan fingerprint density at radius 3 is 2.24 bits per heavy atom. The maximum Gasteiger partial charge on any atom is 0.0355 e. The average Bonchev–Trinajstić information content (AvgIpc) is 3.66. The molecule has 0 aliphatic heterocycles. The van der Waals surface area contributed by atoms with Gasteiger partial charge in [0.15, 0.2) is 0 Å². The van der Waals surface area contributed by atoms with Crippen LogP contribution >= 0.6 is 22.7 Å². The van der Waals surface area contributed by atoms with E-state index in [9.17, 15) is 0 Å². The zero-order valence-corrected chi connectivity index (χ0v) is 32.0. The molecule has 0 nitrogen and oxygen atoms in total. The minimum atomic E-state index is 0.934. The van der Waals surface area contributed by atoms with Gasteiger partial charge in [0.05, 0.1) is 0 Å². The van der Waals surface area contributed by atoms with Gasteiger partial charge in [-0.05, 0) is 126 Å². The van der Waals surface area contributed by atoms with Crippen LogP contribution in [0, 0.1) is 0 Å². The highest BCUT2D eigenvalue weighted by Crippen LogP contribution is 2.35. The van der Waals surface area contributed by atoms with E-state index in [-0.39, 0.29) is 0 Å². The summed E-state index contributed by atoms with van der Waals surface area (Å²) in [5, 5.41) is 9.55. The molecule has 1 aliphatic rings. The van der Waals surface area contributed by atoms with Crippen LogP contribution in [-0.4, -0.2) is 0 Å². The van der Waals surface area contributed by atoms with Gasteiger partial charge in [0, 0.05) is 19.7 Å². The molecule has 2 heterocycles. The van der Waals surface area contributed by atoms with Gasteiger partial charge < -0.3 is 0 Å². The topological polar surface area (TPSA) is 0 Å². The van der Waals surface area contributed by atoms with Crippen LogP contribution in [0.3, 0.4) is 0 Å². The van der Waals surface area contributed by atoms with Crippen molar-refractivity contribution in [2.45, 2.75) is 12.8 Å². The lowest BCUT2D eigenvalue weighted by atomic mass is 9.93. The summed E-state index contributed by atoms with van der Waals surface area (Å²) in [5.74, 6) is 0. The minimum Gasteiger partial charge on any atom is -0.144 e. The lowest BCUT2D eigenvalue weighted by Crippen LogP contribution is -2.29. The molecule has 0 spiro atoms. The highest BCUT2D eigenvalue weighted by atomic mass is 32.1. The molecule has 0 saturated carbocycles. The van der Waals surface area contributed by atoms with Gasteiger partial charge in [-0.1, -0.05) is 160 Å². The van der Waals surface area contributed by atoms with Gasteiger partial charge in [0.1, 0.15) is 0 Å². The fourth-order valence-corrected chi connectivity index (χ4v) is 8.57. The molecule has 0 fully saturated rings. The third kappa shape index (κ3) is 8.11. The number of thiophene rings is 1. The van der Waals surface area contributed by atoms with Crippen molar-refractivity contribution in [3.8, 4) is 11.1 Å². The van der Waals surface area contributed by atoms with E-state index in [4.69, 9.17) is 0 Å². The second kappa shape index (κ2) is 17.2. The zero-order chi connectivity index (χ0) is 37.3. The quantitative estimate of drug-likeness (QED) is 0.130. The lowest BCUT2D eigenvalue weighted by molar-refractivity contribution is 1.05. The monoisotopic (exact) mass is 730 g/mol. The molecule has 7 rings (SSSR count). The van der Waals surface area contributed by atoms with E-state index in [1.165, 1.54) is 57.7 Å². The first-order valence-electron chi connectivity index (χ1n) is 18.2. The number of hydrogen-bond acceptors (Lipinski definition) is 2. The first kappa shape index (κ1) is 36.3. The van der Waals surface area contributed by atoms with E-state index in [1.807, 2.05) is 41.7 Å². The maximum atomic E-state index is 4.53. The highest BCUT2D eigenvalue weighted by Gasteiger charge is 2.09. The first-order chi connectivity index (χ1) is 26.6. The van der Waals surface area contributed by atoms with Crippen molar-refractivity contribution in [2.75, 3.05) is 0 Å². The Morgan fingerprint density at radius 2 is 1.41 bits per heavy atom. The molecule has 4 aromatic carbocycles. The fourth-order valence-electron chi connectivity index (χ4n) is 6.83. The number of rotatable bonds is 9. The summed E-state index contributed by atoms with van der Waals surface area (Å²) in [6.07, 6.45) is 26.6. The summed E-state index contributed by atoms with van der Waals surface area (Å²) in [6, 6.07) is 38.0. The predicted octanol–water partition coefficient (Wildman–Crippen LogP) is 13.9. The van der Waals surface area contributed by atoms with Crippen LogP contribution in [0.2, 0.25) is 0 Å². The third-order valence-electron chi connectivity index (χ3n) is 9.49.